The summed E-state index contributed by atoms with van der Waals surface area (Å²) in [6.07, 6.45) is 0. The summed E-state index contributed by atoms with van der Waals surface area (Å²) in [7, 11) is 1.56. The highest BCUT2D eigenvalue weighted by molar-refractivity contribution is 8.00. The molecule has 1 unspecified atom stereocenters. The highest BCUT2D eigenvalue weighted by Gasteiger charge is 2.18. The molecule has 30 heavy (non-hydrogen) atoms. The number of hydrogen-bond acceptors (Lipinski definition) is 5. The molecule has 0 spiro atoms. The van der Waals surface area contributed by atoms with Gasteiger partial charge in [-0.1, -0.05) is 35.5 Å². The number of benzene rings is 2. The molecule has 6 nitrogen and oxygen atoms in total. The van der Waals surface area contributed by atoms with Gasteiger partial charge in [-0.3, -0.25) is 9.59 Å². The Hall–Kier alpha value is -2.77. The van der Waals surface area contributed by atoms with Crippen molar-refractivity contribution in [3.63, 3.8) is 0 Å². The highest BCUT2D eigenvalue weighted by atomic mass is 35.5. The number of carbonyl (C=O) groups is 1. The number of aromatic nitrogens is 2. The standard InChI is InChI=1S/C22H22ClN3O3S/c1-13-5-8-19(29-4)18(11-13)24-22(28)15(3)30-20-9-10-21(27)26(25-20)16-7-6-14(2)17(23)12-16/h5-12,15H,1-4H3,(H,24,28). The summed E-state index contributed by atoms with van der Waals surface area (Å²) in [4.78, 5) is 25.0. The lowest BCUT2D eigenvalue weighted by molar-refractivity contribution is -0.115. The number of hydrogen-bond donors (Lipinski definition) is 1. The fourth-order valence-corrected chi connectivity index (χ4v) is 3.72. The summed E-state index contributed by atoms with van der Waals surface area (Å²) in [6, 6.07) is 13.9. The number of carbonyl (C=O) groups excluding carboxylic acids is 1. The van der Waals surface area contributed by atoms with Crippen molar-refractivity contribution in [2.75, 3.05) is 12.4 Å². The van der Waals surface area contributed by atoms with E-state index in [0.717, 1.165) is 11.1 Å². The lowest BCUT2D eigenvalue weighted by Crippen LogP contribution is -2.24. The van der Waals surface area contributed by atoms with E-state index in [9.17, 15) is 9.59 Å². The predicted octanol–water partition coefficient (Wildman–Crippen LogP) is 4.63. The smallest absolute Gasteiger partial charge is 0.271 e. The number of thioether (sulfide) groups is 1. The van der Waals surface area contributed by atoms with Gasteiger partial charge in [0, 0.05) is 11.1 Å². The Morgan fingerprint density at radius 1 is 1.17 bits per heavy atom. The van der Waals surface area contributed by atoms with Crippen molar-refractivity contribution in [3.8, 4) is 11.4 Å². The van der Waals surface area contributed by atoms with Crippen LogP contribution in [-0.2, 0) is 4.79 Å². The average molecular weight is 444 g/mol. The van der Waals surface area contributed by atoms with Gasteiger partial charge in [-0.15, -0.1) is 0 Å². The Morgan fingerprint density at radius 2 is 1.93 bits per heavy atom. The quantitative estimate of drug-likeness (QED) is 0.562. The van der Waals surface area contributed by atoms with Gasteiger partial charge in [-0.25, -0.2) is 0 Å². The molecule has 1 heterocycles. The maximum atomic E-state index is 12.7. The van der Waals surface area contributed by atoms with E-state index in [0.29, 0.717) is 27.2 Å². The minimum atomic E-state index is -0.449. The Bertz CT molecular complexity index is 1150. The van der Waals surface area contributed by atoms with E-state index in [4.69, 9.17) is 16.3 Å². The summed E-state index contributed by atoms with van der Waals surface area (Å²) in [5, 5.41) is 7.94. The number of aryl methyl sites for hydroxylation is 2. The van der Waals surface area contributed by atoms with E-state index < -0.39 is 5.25 Å². The number of ether oxygens (including phenoxy) is 1. The number of nitrogens with one attached hydrogen (secondary N) is 1. The van der Waals surface area contributed by atoms with Crippen LogP contribution in [0.3, 0.4) is 0 Å². The molecule has 156 valence electrons. The van der Waals surface area contributed by atoms with Crippen molar-refractivity contribution in [1.82, 2.24) is 9.78 Å². The van der Waals surface area contributed by atoms with Gasteiger partial charge in [0.1, 0.15) is 10.8 Å². The van der Waals surface area contributed by atoms with E-state index in [1.54, 1.807) is 32.2 Å². The molecule has 0 aliphatic carbocycles. The molecular formula is C22H22ClN3O3S. The summed E-state index contributed by atoms with van der Waals surface area (Å²) >= 11 is 7.44. The molecule has 0 saturated heterocycles. The van der Waals surface area contributed by atoms with Crippen molar-refractivity contribution < 1.29 is 9.53 Å². The van der Waals surface area contributed by atoms with E-state index in [1.165, 1.54) is 22.5 Å². The number of rotatable bonds is 6. The summed E-state index contributed by atoms with van der Waals surface area (Å²) in [5.41, 5.74) is 2.83. The SMILES string of the molecule is COc1ccc(C)cc1NC(=O)C(C)Sc1ccc(=O)n(-c2ccc(C)c(Cl)c2)n1. The molecule has 0 radical (unpaired) electrons. The van der Waals surface area contributed by atoms with Gasteiger partial charge in [-0.05, 0) is 62.2 Å². The molecule has 0 aliphatic heterocycles. The lowest BCUT2D eigenvalue weighted by Gasteiger charge is -2.15. The number of amides is 1. The van der Waals surface area contributed by atoms with Crippen LogP contribution in [0.15, 0.2) is 58.4 Å². The monoisotopic (exact) mass is 443 g/mol. The summed E-state index contributed by atoms with van der Waals surface area (Å²) in [5.74, 6) is 0.399. The molecule has 1 aromatic heterocycles. The largest absolute Gasteiger partial charge is 0.495 e. The number of methoxy groups -OCH3 is 1. The second-order valence-electron chi connectivity index (χ2n) is 6.81. The van der Waals surface area contributed by atoms with Crippen LogP contribution < -0.4 is 15.6 Å². The minimum absolute atomic E-state index is 0.193. The van der Waals surface area contributed by atoms with Crippen LogP contribution in [-0.4, -0.2) is 28.0 Å². The van der Waals surface area contributed by atoms with Gasteiger partial charge in [0.05, 0.1) is 23.7 Å². The first kappa shape index (κ1) is 21.9. The first-order chi connectivity index (χ1) is 14.3. The van der Waals surface area contributed by atoms with Crippen molar-refractivity contribution >= 4 is 35.0 Å². The highest BCUT2D eigenvalue weighted by Crippen LogP contribution is 2.27. The molecule has 8 heteroatoms. The minimum Gasteiger partial charge on any atom is -0.495 e. The molecule has 0 aliphatic rings. The Kier molecular flexibility index (Phi) is 6.84. The van der Waals surface area contributed by atoms with Crippen molar-refractivity contribution in [3.05, 3.63) is 75.0 Å². The topological polar surface area (TPSA) is 73.2 Å². The van der Waals surface area contributed by atoms with Gasteiger partial charge < -0.3 is 10.1 Å². The third-order valence-corrected chi connectivity index (χ3v) is 5.89. The number of anilines is 1. The molecule has 2 aromatic carbocycles. The zero-order valence-corrected chi connectivity index (χ0v) is 18.7. The van der Waals surface area contributed by atoms with E-state index in [-0.39, 0.29) is 11.5 Å². The summed E-state index contributed by atoms with van der Waals surface area (Å²) in [6.45, 7) is 5.61. The van der Waals surface area contributed by atoms with Crippen LogP contribution in [0.4, 0.5) is 5.69 Å². The van der Waals surface area contributed by atoms with Crippen LogP contribution in [0, 0.1) is 13.8 Å². The second kappa shape index (κ2) is 9.36. The maximum absolute atomic E-state index is 12.7. The molecule has 0 fully saturated rings. The normalized spacial score (nSPS) is 11.8. The average Bonchev–Trinajstić information content (AvgIpc) is 2.71. The van der Waals surface area contributed by atoms with Gasteiger partial charge in [0.25, 0.3) is 5.56 Å². The first-order valence-corrected chi connectivity index (χ1v) is 10.5. The molecule has 3 aromatic rings. The van der Waals surface area contributed by atoms with Crippen molar-refractivity contribution in [1.29, 1.82) is 0 Å². The molecular weight excluding hydrogens is 422 g/mol. The van der Waals surface area contributed by atoms with Crippen molar-refractivity contribution in [2.24, 2.45) is 0 Å². The van der Waals surface area contributed by atoms with Gasteiger partial charge >= 0.3 is 0 Å². The zero-order valence-electron chi connectivity index (χ0n) is 17.1. The summed E-state index contributed by atoms with van der Waals surface area (Å²) < 4.78 is 6.59. The van der Waals surface area contributed by atoms with Gasteiger partial charge in [-0.2, -0.15) is 9.78 Å². The predicted molar refractivity (Wildman–Crippen MR) is 121 cm³/mol. The van der Waals surface area contributed by atoms with E-state index >= 15 is 0 Å². The zero-order chi connectivity index (χ0) is 21.8. The van der Waals surface area contributed by atoms with Crippen LogP contribution in [0.5, 0.6) is 5.75 Å². The van der Waals surface area contributed by atoms with Crippen LogP contribution >= 0.6 is 23.4 Å². The molecule has 1 N–H and O–H groups in total. The van der Waals surface area contributed by atoms with Crippen LogP contribution in [0.2, 0.25) is 5.02 Å². The van der Waals surface area contributed by atoms with Crippen molar-refractivity contribution in [2.45, 2.75) is 31.0 Å². The Labute approximate surface area is 184 Å². The van der Waals surface area contributed by atoms with Gasteiger partial charge in [0.15, 0.2) is 0 Å². The number of halogens is 1. The molecule has 1 amide bonds. The first-order valence-electron chi connectivity index (χ1n) is 9.27. The maximum Gasteiger partial charge on any atom is 0.271 e. The lowest BCUT2D eigenvalue weighted by atomic mass is 10.2. The Balaban J connectivity index is 1.79. The van der Waals surface area contributed by atoms with Crippen LogP contribution in [0.25, 0.3) is 5.69 Å². The third-order valence-electron chi connectivity index (χ3n) is 4.46. The number of nitrogens with zero attached hydrogens (tertiary/aromatic N) is 2. The fourth-order valence-electron chi connectivity index (χ4n) is 2.74. The molecule has 3 rings (SSSR count). The van der Waals surface area contributed by atoms with Crippen LogP contribution in [0.1, 0.15) is 18.1 Å². The van der Waals surface area contributed by atoms with Gasteiger partial charge in [0.2, 0.25) is 5.91 Å². The van der Waals surface area contributed by atoms with E-state index in [2.05, 4.69) is 10.4 Å². The molecule has 1 atom stereocenters. The third kappa shape index (κ3) is 5.04. The van der Waals surface area contributed by atoms with E-state index in [1.807, 2.05) is 38.1 Å². The molecule has 0 bridgehead atoms. The Morgan fingerprint density at radius 3 is 2.63 bits per heavy atom. The molecule has 0 saturated carbocycles. The fraction of sp³-hybridized carbons (Fsp3) is 0.227. The second-order valence-corrected chi connectivity index (χ2v) is 8.58.